The number of carbonyl (C=O) groups is 1. The maximum Gasteiger partial charge on any atom is 0.222 e. The minimum absolute atomic E-state index is 0.0595. The van der Waals surface area contributed by atoms with E-state index in [1.807, 2.05) is 24.7 Å². The Hall–Kier alpha value is -1.07. The third-order valence-corrected chi connectivity index (χ3v) is 3.60. The minimum Gasteiger partial charge on any atom is -0.353 e. The van der Waals surface area contributed by atoms with Crippen LogP contribution in [0.4, 0.5) is 0 Å². The molecule has 0 aliphatic carbocycles. The molecule has 1 aliphatic rings. The first-order valence-corrected chi connectivity index (χ1v) is 7.13. The zero-order valence-corrected chi connectivity index (χ0v) is 12.2. The highest BCUT2D eigenvalue weighted by atomic mass is 35.5. The molecule has 1 amide bonds. The summed E-state index contributed by atoms with van der Waals surface area (Å²) in [5.74, 6) is 0.210. The van der Waals surface area contributed by atoms with Gasteiger partial charge in [0, 0.05) is 31.2 Å². The fourth-order valence-corrected chi connectivity index (χ4v) is 2.36. The molecule has 0 spiro atoms. The summed E-state index contributed by atoms with van der Waals surface area (Å²) in [6.07, 6.45) is 5.46. The molecular weight excluding hydrogens is 264 g/mol. The molecule has 106 valence electrons. The lowest BCUT2D eigenvalue weighted by Crippen LogP contribution is -2.46. The van der Waals surface area contributed by atoms with E-state index < -0.39 is 0 Å². The van der Waals surface area contributed by atoms with E-state index in [1.54, 1.807) is 6.20 Å². The van der Waals surface area contributed by atoms with Gasteiger partial charge < -0.3 is 5.32 Å². The van der Waals surface area contributed by atoms with Crippen LogP contribution in [-0.4, -0.2) is 39.7 Å². The Balaban J connectivity index is 1.75. The summed E-state index contributed by atoms with van der Waals surface area (Å²) in [6.45, 7) is 6.55. The molecule has 2 heterocycles. The number of nitrogens with one attached hydrogen (secondary N) is 1. The summed E-state index contributed by atoms with van der Waals surface area (Å²) in [6, 6.07) is 0.312. The van der Waals surface area contributed by atoms with Crippen molar-refractivity contribution in [3.8, 4) is 0 Å². The molecule has 19 heavy (non-hydrogen) atoms. The first-order chi connectivity index (χ1) is 9.04. The van der Waals surface area contributed by atoms with Crippen molar-refractivity contribution in [3.05, 3.63) is 17.4 Å². The number of nitrogens with zero attached hydrogens (tertiary/aromatic N) is 3. The van der Waals surface area contributed by atoms with Crippen LogP contribution >= 0.6 is 11.6 Å². The van der Waals surface area contributed by atoms with Crippen LogP contribution in [0.25, 0.3) is 0 Å². The standard InChI is InChI=1S/C13H21ClN4O/c1-10(2)13(19)16-12-3-5-17(6-4-12)9-18-8-11(14)7-15-18/h7-8,10,12H,3-6,9H2,1-2H3,(H,16,19). The molecule has 0 saturated carbocycles. The predicted molar refractivity (Wildman–Crippen MR) is 74.8 cm³/mol. The van der Waals surface area contributed by atoms with Gasteiger partial charge in [-0.05, 0) is 12.8 Å². The minimum atomic E-state index is 0.0595. The number of rotatable bonds is 4. The van der Waals surface area contributed by atoms with Crippen LogP contribution in [0.1, 0.15) is 26.7 Å². The number of piperidine rings is 1. The summed E-state index contributed by atoms with van der Waals surface area (Å²) in [7, 11) is 0. The average Bonchev–Trinajstić information content (AvgIpc) is 2.77. The summed E-state index contributed by atoms with van der Waals surface area (Å²) in [5, 5.41) is 7.94. The number of hydrogen-bond acceptors (Lipinski definition) is 3. The van der Waals surface area contributed by atoms with Crippen LogP contribution in [0.5, 0.6) is 0 Å². The Kier molecular flexibility index (Phi) is 4.82. The Morgan fingerprint density at radius 1 is 1.53 bits per heavy atom. The van der Waals surface area contributed by atoms with Crippen LogP contribution in [-0.2, 0) is 11.5 Å². The molecule has 1 aromatic heterocycles. The third-order valence-electron chi connectivity index (χ3n) is 3.40. The van der Waals surface area contributed by atoms with Crippen molar-refractivity contribution >= 4 is 17.5 Å². The average molecular weight is 285 g/mol. The second-order valence-electron chi connectivity index (χ2n) is 5.40. The smallest absolute Gasteiger partial charge is 0.222 e. The van der Waals surface area contributed by atoms with Crippen LogP contribution < -0.4 is 5.32 Å². The van der Waals surface area contributed by atoms with Crippen molar-refractivity contribution in [1.82, 2.24) is 20.0 Å². The highest BCUT2D eigenvalue weighted by Crippen LogP contribution is 2.13. The van der Waals surface area contributed by atoms with E-state index >= 15 is 0 Å². The molecule has 5 nitrogen and oxygen atoms in total. The first-order valence-electron chi connectivity index (χ1n) is 6.75. The third kappa shape index (κ3) is 4.21. The second-order valence-corrected chi connectivity index (χ2v) is 5.83. The number of amides is 1. The molecule has 0 atom stereocenters. The summed E-state index contributed by atoms with van der Waals surface area (Å²) >= 11 is 5.84. The topological polar surface area (TPSA) is 50.2 Å². The Morgan fingerprint density at radius 3 is 2.74 bits per heavy atom. The van der Waals surface area contributed by atoms with E-state index in [-0.39, 0.29) is 11.8 Å². The maximum absolute atomic E-state index is 11.6. The van der Waals surface area contributed by atoms with Gasteiger partial charge in [-0.1, -0.05) is 25.4 Å². The van der Waals surface area contributed by atoms with Gasteiger partial charge in [-0.2, -0.15) is 5.10 Å². The van der Waals surface area contributed by atoms with Gasteiger partial charge in [-0.25, -0.2) is 0 Å². The van der Waals surface area contributed by atoms with Crippen LogP contribution in [0.3, 0.4) is 0 Å². The molecule has 2 rings (SSSR count). The van der Waals surface area contributed by atoms with Crippen LogP contribution in [0.2, 0.25) is 5.02 Å². The first kappa shape index (κ1) is 14.3. The van der Waals surface area contributed by atoms with Crippen molar-refractivity contribution in [3.63, 3.8) is 0 Å². The van der Waals surface area contributed by atoms with E-state index in [2.05, 4.69) is 15.3 Å². The van der Waals surface area contributed by atoms with Gasteiger partial charge in [0.15, 0.2) is 0 Å². The van der Waals surface area contributed by atoms with Crippen molar-refractivity contribution in [2.24, 2.45) is 5.92 Å². The zero-order chi connectivity index (χ0) is 13.8. The second kappa shape index (κ2) is 6.39. The van der Waals surface area contributed by atoms with E-state index in [9.17, 15) is 4.79 Å². The van der Waals surface area contributed by atoms with Crippen LogP contribution in [0.15, 0.2) is 12.4 Å². The molecule has 6 heteroatoms. The zero-order valence-electron chi connectivity index (χ0n) is 11.5. The summed E-state index contributed by atoms with van der Waals surface area (Å²) < 4.78 is 1.84. The Bertz CT molecular complexity index is 424. The largest absolute Gasteiger partial charge is 0.353 e. The van der Waals surface area contributed by atoms with E-state index in [1.165, 1.54) is 0 Å². The highest BCUT2D eigenvalue weighted by molar-refractivity contribution is 6.30. The van der Waals surface area contributed by atoms with Crippen molar-refractivity contribution in [2.45, 2.75) is 39.4 Å². The SMILES string of the molecule is CC(C)C(=O)NC1CCN(Cn2cc(Cl)cn2)CC1. The quantitative estimate of drug-likeness (QED) is 0.916. The molecule has 1 saturated heterocycles. The molecule has 1 aliphatic heterocycles. The lowest BCUT2D eigenvalue weighted by atomic mass is 10.0. The van der Waals surface area contributed by atoms with Crippen molar-refractivity contribution < 1.29 is 4.79 Å². The summed E-state index contributed by atoms with van der Waals surface area (Å²) in [4.78, 5) is 14.0. The van der Waals surface area contributed by atoms with Crippen molar-refractivity contribution in [1.29, 1.82) is 0 Å². The molecule has 1 fully saturated rings. The number of likely N-dealkylation sites (tertiary alicyclic amines) is 1. The van der Waals surface area contributed by atoms with Gasteiger partial charge in [0.1, 0.15) is 0 Å². The fourth-order valence-electron chi connectivity index (χ4n) is 2.21. The van der Waals surface area contributed by atoms with Gasteiger partial charge in [0.2, 0.25) is 5.91 Å². The predicted octanol–water partition coefficient (Wildman–Crippen LogP) is 1.73. The van der Waals surface area contributed by atoms with E-state index in [0.29, 0.717) is 11.1 Å². The lowest BCUT2D eigenvalue weighted by molar-refractivity contribution is -0.125. The van der Waals surface area contributed by atoms with Gasteiger partial charge in [-0.15, -0.1) is 0 Å². The number of hydrogen-bond donors (Lipinski definition) is 1. The molecule has 1 N–H and O–H groups in total. The molecule has 0 bridgehead atoms. The molecule has 0 aromatic carbocycles. The van der Waals surface area contributed by atoms with Gasteiger partial charge in [0.05, 0.1) is 17.9 Å². The Morgan fingerprint density at radius 2 is 2.21 bits per heavy atom. The normalized spacial score (nSPS) is 17.9. The van der Waals surface area contributed by atoms with E-state index in [0.717, 1.165) is 32.6 Å². The highest BCUT2D eigenvalue weighted by Gasteiger charge is 2.21. The molecule has 0 unspecified atom stereocenters. The molecular formula is C13H21ClN4O. The monoisotopic (exact) mass is 284 g/mol. The number of carbonyl (C=O) groups excluding carboxylic acids is 1. The maximum atomic E-state index is 11.6. The molecule has 1 aromatic rings. The summed E-state index contributed by atoms with van der Waals surface area (Å²) in [5.41, 5.74) is 0. The fraction of sp³-hybridized carbons (Fsp3) is 0.692. The van der Waals surface area contributed by atoms with Gasteiger partial charge in [0.25, 0.3) is 0 Å². The Labute approximate surface area is 118 Å². The number of aromatic nitrogens is 2. The van der Waals surface area contributed by atoms with E-state index in [4.69, 9.17) is 11.6 Å². The number of halogens is 1. The lowest BCUT2D eigenvalue weighted by Gasteiger charge is -2.32. The van der Waals surface area contributed by atoms with Crippen molar-refractivity contribution in [2.75, 3.05) is 13.1 Å². The van der Waals surface area contributed by atoms with Crippen LogP contribution in [0, 0.1) is 5.92 Å². The molecule has 0 radical (unpaired) electrons. The van der Waals surface area contributed by atoms with Gasteiger partial charge in [-0.3, -0.25) is 14.4 Å². The van der Waals surface area contributed by atoms with Gasteiger partial charge >= 0.3 is 0 Å².